The molecule has 0 spiro atoms. The van der Waals surface area contributed by atoms with Crippen molar-refractivity contribution in [1.82, 2.24) is 0 Å². The highest BCUT2D eigenvalue weighted by atomic mass is 16.6. The molecule has 0 amide bonds. The lowest BCUT2D eigenvalue weighted by Crippen LogP contribution is -2.28. The summed E-state index contributed by atoms with van der Waals surface area (Å²) >= 11 is 0. The van der Waals surface area contributed by atoms with Crippen LogP contribution in [-0.2, 0) is 23.9 Å². The topological polar surface area (TPSA) is 130 Å². The van der Waals surface area contributed by atoms with Gasteiger partial charge in [-0.25, -0.2) is 0 Å². The molecular formula is C39H70O8. The van der Waals surface area contributed by atoms with Gasteiger partial charge in [-0.15, -0.1) is 0 Å². The van der Waals surface area contributed by atoms with Crippen LogP contribution in [0.25, 0.3) is 0 Å². The van der Waals surface area contributed by atoms with E-state index in [0.29, 0.717) is 25.7 Å². The summed E-state index contributed by atoms with van der Waals surface area (Å²) in [6.45, 7) is 6.15. The van der Waals surface area contributed by atoms with Gasteiger partial charge in [0.05, 0.1) is 18.8 Å². The van der Waals surface area contributed by atoms with Crippen molar-refractivity contribution in [2.24, 2.45) is 17.8 Å². The normalized spacial score (nSPS) is 19.5. The molecule has 0 saturated heterocycles. The fraction of sp³-hybridized carbons (Fsp3) is 0.872. The summed E-state index contributed by atoms with van der Waals surface area (Å²) in [7, 11) is 0. The first-order valence-electron chi connectivity index (χ1n) is 19.2. The Morgan fingerprint density at radius 2 is 1.36 bits per heavy atom. The number of aliphatic hydroxyl groups excluding tert-OH is 3. The zero-order chi connectivity index (χ0) is 34.7. The maximum atomic E-state index is 12.5. The van der Waals surface area contributed by atoms with E-state index in [-0.39, 0.29) is 43.0 Å². The summed E-state index contributed by atoms with van der Waals surface area (Å²) in [5.41, 5.74) is 0. The molecule has 5 atom stereocenters. The number of hydrogen-bond acceptors (Lipinski definition) is 8. The Balaban J connectivity index is 2.11. The minimum atomic E-state index is -0.855. The van der Waals surface area contributed by atoms with Crippen molar-refractivity contribution in [3.8, 4) is 0 Å². The van der Waals surface area contributed by atoms with Crippen LogP contribution in [0.5, 0.6) is 0 Å². The number of unbranched alkanes of at least 4 members (excludes halogenated alkanes) is 14. The number of aliphatic hydroxyl groups is 3. The van der Waals surface area contributed by atoms with Crippen LogP contribution >= 0.6 is 0 Å². The lowest BCUT2D eigenvalue weighted by molar-refractivity contribution is -0.161. The van der Waals surface area contributed by atoms with Crippen LogP contribution < -0.4 is 0 Å². The first-order valence-corrected chi connectivity index (χ1v) is 19.2. The maximum absolute atomic E-state index is 12.5. The zero-order valence-electron chi connectivity index (χ0n) is 30.2. The number of carbonyl (C=O) groups excluding carboxylic acids is 3. The lowest BCUT2D eigenvalue weighted by Gasteiger charge is -2.18. The van der Waals surface area contributed by atoms with Crippen molar-refractivity contribution in [3.05, 3.63) is 12.2 Å². The molecule has 1 aliphatic rings. The van der Waals surface area contributed by atoms with Crippen molar-refractivity contribution in [2.75, 3.05) is 13.2 Å². The van der Waals surface area contributed by atoms with Crippen molar-refractivity contribution in [3.63, 3.8) is 0 Å². The Hall–Kier alpha value is -1.77. The second kappa shape index (κ2) is 28.1. The summed E-state index contributed by atoms with van der Waals surface area (Å²) in [6, 6.07) is 0. The lowest BCUT2D eigenvalue weighted by atomic mass is 9.88. The molecule has 3 N–H and O–H groups in total. The predicted molar refractivity (Wildman–Crippen MR) is 188 cm³/mol. The van der Waals surface area contributed by atoms with Gasteiger partial charge in [-0.05, 0) is 31.6 Å². The summed E-state index contributed by atoms with van der Waals surface area (Å²) in [6.07, 6.45) is 23.1. The van der Waals surface area contributed by atoms with Gasteiger partial charge in [0.2, 0.25) is 0 Å². The minimum Gasteiger partial charge on any atom is -0.462 e. The van der Waals surface area contributed by atoms with E-state index < -0.39 is 30.9 Å². The zero-order valence-corrected chi connectivity index (χ0v) is 30.2. The highest BCUT2D eigenvalue weighted by Gasteiger charge is 2.39. The van der Waals surface area contributed by atoms with E-state index in [9.17, 15) is 29.7 Å². The molecule has 0 aromatic carbocycles. The second-order valence-corrected chi connectivity index (χ2v) is 14.3. The van der Waals surface area contributed by atoms with E-state index >= 15 is 0 Å². The number of ether oxygens (including phenoxy) is 2. The van der Waals surface area contributed by atoms with Gasteiger partial charge in [0, 0.05) is 31.1 Å². The number of ketones is 1. The molecule has 0 aliphatic heterocycles. The predicted octanol–water partition coefficient (Wildman–Crippen LogP) is 8.18. The highest BCUT2D eigenvalue weighted by molar-refractivity contribution is 5.84. The quantitative estimate of drug-likeness (QED) is 0.0398. The highest BCUT2D eigenvalue weighted by Crippen LogP contribution is 2.34. The van der Waals surface area contributed by atoms with Crippen LogP contribution in [0.15, 0.2) is 12.2 Å². The van der Waals surface area contributed by atoms with Gasteiger partial charge in [-0.3, -0.25) is 14.4 Å². The molecule has 1 fully saturated rings. The largest absolute Gasteiger partial charge is 0.462 e. The second-order valence-electron chi connectivity index (χ2n) is 14.3. The number of Topliss-reactive ketones (excluding diaryl/α,β-unsaturated/α-hetero) is 1. The Bertz CT molecular complexity index is 841. The minimum absolute atomic E-state index is 0.0795. The van der Waals surface area contributed by atoms with Crippen molar-refractivity contribution in [2.45, 2.75) is 187 Å². The monoisotopic (exact) mass is 667 g/mol. The summed E-state index contributed by atoms with van der Waals surface area (Å²) in [5.74, 6) is -0.342. The number of hydrogen-bond donors (Lipinski definition) is 3. The van der Waals surface area contributed by atoms with E-state index in [2.05, 4.69) is 20.8 Å². The van der Waals surface area contributed by atoms with E-state index in [4.69, 9.17) is 9.47 Å². The molecular weight excluding hydrogens is 596 g/mol. The Kier molecular flexibility index (Phi) is 25.9. The number of carbonyl (C=O) groups is 3. The average Bonchev–Trinajstić information content (AvgIpc) is 3.31. The molecule has 8 heteroatoms. The molecule has 0 unspecified atom stereocenters. The van der Waals surface area contributed by atoms with Gasteiger partial charge >= 0.3 is 11.9 Å². The standard InChI is InChI=1S/C39H70O8/c1-4-5-16-22-32(41)26-27-35-34(36(42)28-37(35)43)23-18-14-15-20-25-39(45)47-33(29-40)30-46-38(44)24-19-13-11-9-7-6-8-10-12-17-21-31(2)3/h26-27,31-35,37,40-41,43H,4-25,28-30H2,1-3H3/b27-26+/t32-,33-,34+,35+,37+/m0/s1. The van der Waals surface area contributed by atoms with Gasteiger partial charge < -0.3 is 24.8 Å². The summed E-state index contributed by atoms with van der Waals surface area (Å²) in [5, 5.41) is 30.1. The molecule has 0 radical (unpaired) electrons. The van der Waals surface area contributed by atoms with Crippen LogP contribution in [0.3, 0.4) is 0 Å². The molecule has 0 aromatic heterocycles. The van der Waals surface area contributed by atoms with E-state index in [1.807, 2.05) is 6.08 Å². The van der Waals surface area contributed by atoms with Crippen LogP contribution in [0.1, 0.15) is 168 Å². The van der Waals surface area contributed by atoms with Gasteiger partial charge in [-0.2, -0.15) is 0 Å². The molecule has 0 aromatic rings. The van der Waals surface area contributed by atoms with Crippen LogP contribution in [0, 0.1) is 17.8 Å². The molecule has 0 heterocycles. The van der Waals surface area contributed by atoms with Crippen LogP contribution in [-0.4, -0.2) is 64.6 Å². The Morgan fingerprint density at radius 1 is 0.809 bits per heavy atom. The summed E-state index contributed by atoms with van der Waals surface area (Å²) in [4.78, 5) is 36.8. The fourth-order valence-electron chi connectivity index (χ4n) is 6.40. The molecule has 8 nitrogen and oxygen atoms in total. The SMILES string of the molecule is CCCCC[C@H](O)/C=C/[C@H]1[C@H](O)CC(=O)[C@@H]1CCCCCCC(=O)O[C@@H](CO)COC(=O)CCCCCCCCCCCCC(C)C. The van der Waals surface area contributed by atoms with Crippen molar-refractivity contribution < 1.29 is 39.2 Å². The fourth-order valence-corrected chi connectivity index (χ4v) is 6.40. The van der Waals surface area contributed by atoms with Crippen molar-refractivity contribution >= 4 is 17.7 Å². The first kappa shape index (κ1) is 43.3. The smallest absolute Gasteiger partial charge is 0.306 e. The molecule has 1 saturated carbocycles. The average molecular weight is 667 g/mol. The van der Waals surface area contributed by atoms with Gasteiger partial charge in [0.15, 0.2) is 6.10 Å². The maximum Gasteiger partial charge on any atom is 0.306 e. The van der Waals surface area contributed by atoms with E-state index in [0.717, 1.165) is 63.7 Å². The van der Waals surface area contributed by atoms with E-state index in [1.54, 1.807) is 6.08 Å². The van der Waals surface area contributed by atoms with Crippen LogP contribution in [0.4, 0.5) is 0 Å². The van der Waals surface area contributed by atoms with Gasteiger partial charge in [0.25, 0.3) is 0 Å². The first-order chi connectivity index (χ1) is 22.7. The molecule has 47 heavy (non-hydrogen) atoms. The third kappa shape index (κ3) is 22.5. The Morgan fingerprint density at radius 3 is 1.96 bits per heavy atom. The number of esters is 2. The molecule has 1 rings (SSSR count). The molecule has 0 bridgehead atoms. The Labute approximate surface area is 286 Å². The van der Waals surface area contributed by atoms with Gasteiger partial charge in [-0.1, -0.05) is 136 Å². The summed E-state index contributed by atoms with van der Waals surface area (Å²) < 4.78 is 10.6. The van der Waals surface area contributed by atoms with Crippen molar-refractivity contribution in [1.29, 1.82) is 0 Å². The third-order valence-electron chi connectivity index (χ3n) is 9.38. The van der Waals surface area contributed by atoms with Gasteiger partial charge in [0.1, 0.15) is 12.4 Å². The number of rotatable bonds is 30. The van der Waals surface area contributed by atoms with Crippen LogP contribution in [0.2, 0.25) is 0 Å². The van der Waals surface area contributed by atoms with E-state index in [1.165, 1.54) is 51.4 Å². The molecule has 1 aliphatic carbocycles. The molecule has 274 valence electrons. The third-order valence-corrected chi connectivity index (χ3v) is 9.38.